The van der Waals surface area contributed by atoms with E-state index in [1.165, 1.54) is 0 Å². The fourth-order valence-corrected chi connectivity index (χ4v) is 4.08. The van der Waals surface area contributed by atoms with E-state index in [2.05, 4.69) is 26.3 Å². The molecular weight excluding hydrogens is 388 g/mol. The number of nitrogens with one attached hydrogen (secondary N) is 2. The number of rotatable bonds is 8. The summed E-state index contributed by atoms with van der Waals surface area (Å²) in [5, 5.41) is 10.0. The summed E-state index contributed by atoms with van der Waals surface area (Å²) in [5.74, 6) is 2.62. The number of aromatic nitrogens is 2. The van der Waals surface area contributed by atoms with Gasteiger partial charge in [-0.1, -0.05) is 31.9 Å². The van der Waals surface area contributed by atoms with Crippen LogP contribution in [0.5, 0.6) is 0 Å². The molecule has 6 nitrogen and oxygen atoms in total. The van der Waals surface area contributed by atoms with Gasteiger partial charge in [-0.3, -0.25) is 14.5 Å². The quantitative estimate of drug-likeness (QED) is 0.640. The van der Waals surface area contributed by atoms with Crippen molar-refractivity contribution in [2.45, 2.75) is 52.4 Å². The van der Waals surface area contributed by atoms with Gasteiger partial charge >= 0.3 is 0 Å². The first-order valence-electron chi connectivity index (χ1n) is 11.0. The number of hydrogen-bond donors (Lipinski definition) is 2. The molecule has 0 fully saturated rings. The van der Waals surface area contributed by atoms with E-state index in [1.54, 1.807) is 0 Å². The first-order valence-corrected chi connectivity index (χ1v) is 11.0. The largest absolute Gasteiger partial charge is 0.326 e. The number of nitrogens with zero attached hydrogens (tertiary/aromatic N) is 2. The Balaban J connectivity index is 1.72. The fraction of sp³-hybridized carbons (Fsp3) is 0.480. The Hall–Kier alpha value is -2.91. The molecule has 1 amide bonds. The number of aromatic amines is 1. The topological polar surface area (TPSA) is 78.1 Å². The molecule has 1 aliphatic rings. The van der Waals surface area contributed by atoms with Crippen LogP contribution in [-0.4, -0.2) is 41.1 Å². The summed E-state index contributed by atoms with van der Waals surface area (Å²) in [6, 6.07) is 7.70. The molecule has 0 unspecified atom stereocenters. The normalized spacial score (nSPS) is 13.5. The van der Waals surface area contributed by atoms with Crippen LogP contribution in [0.15, 0.2) is 29.1 Å². The van der Waals surface area contributed by atoms with Gasteiger partial charge in [-0.15, -0.1) is 6.42 Å². The molecule has 0 bridgehead atoms. The van der Waals surface area contributed by atoms with Gasteiger partial charge < -0.3 is 5.32 Å². The molecule has 0 radical (unpaired) electrons. The highest BCUT2D eigenvalue weighted by atomic mass is 16.2. The monoisotopic (exact) mass is 420 g/mol. The molecule has 1 aliphatic carbocycles. The van der Waals surface area contributed by atoms with Crippen molar-refractivity contribution in [3.63, 3.8) is 0 Å². The van der Waals surface area contributed by atoms with Gasteiger partial charge in [0.15, 0.2) is 0 Å². The minimum atomic E-state index is -0.498. The molecule has 0 aliphatic heterocycles. The van der Waals surface area contributed by atoms with Crippen molar-refractivity contribution < 1.29 is 4.79 Å². The summed E-state index contributed by atoms with van der Waals surface area (Å²) in [6.07, 6.45) is 10.8. The summed E-state index contributed by atoms with van der Waals surface area (Å²) >= 11 is 0. The molecule has 2 aromatic rings. The molecule has 0 saturated heterocycles. The average Bonchev–Trinajstić information content (AvgIpc) is 2.74. The Labute approximate surface area is 184 Å². The van der Waals surface area contributed by atoms with Gasteiger partial charge in [0.2, 0.25) is 5.91 Å². The van der Waals surface area contributed by atoms with Crippen LogP contribution >= 0.6 is 0 Å². The maximum Gasteiger partial charge on any atom is 0.267 e. The lowest BCUT2D eigenvalue weighted by molar-refractivity contribution is -0.124. The Morgan fingerprint density at radius 3 is 2.77 bits per heavy atom. The van der Waals surface area contributed by atoms with Gasteiger partial charge in [-0.2, -0.15) is 5.10 Å². The fourth-order valence-electron chi connectivity index (χ4n) is 4.08. The van der Waals surface area contributed by atoms with Gasteiger partial charge in [-0.25, -0.2) is 5.10 Å². The molecule has 3 rings (SSSR count). The number of hydrogen-bond acceptors (Lipinski definition) is 4. The maximum absolute atomic E-state index is 12.9. The zero-order valence-electron chi connectivity index (χ0n) is 18.8. The number of amides is 1. The molecule has 6 heteroatoms. The third kappa shape index (κ3) is 5.62. The lowest BCUT2D eigenvalue weighted by atomic mass is 9.86. The SMILES string of the molecule is C#CCN(C)CCCC(C)(C)C(=O)Nc1cccc(-c2n[nH]c(=O)c3c2CCCC3)c1. The first kappa shape index (κ1) is 22.8. The number of anilines is 1. The standard InChI is InChI=1S/C25H32N4O2/c1-5-15-29(4)16-9-14-25(2,3)24(31)26-19-11-8-10-18(17-19)22-20-12-6-7-13-21(20)23(30)28-27-22/h1,8,10-11,17H,6-7,9,12-16H2,2-4H3,(H,26,31)(H,28,30). The highest BCUT2D eigenvalue weighted by Crippen LogP contribution is 2.30. The minimum Gasteiger partial charge on any atom is -0.326 e. The van der Waals surface area contributed by atoms with E-state index in [9.17, 15) is 9.59 Å². The van der Waals surface area contributed by atoms with Crippen molar-refractivity contribution in [3.05, 3.63) is 45.7 Å². The van der Waals surface area contributed by atoms with Crippen LogP contribution in [-0.2, 0) is 17.6 Å². The van der Waals surface area contributed by atoms with E-state index in [4.69, 9.17) is 6.42 Å². The molecule has 0 atom stereocenters. The average molecular weight is 421 g/mol. The van der Waals surface area contributed by atoms with Gasteiger partial charge in [0.25, 0.3) is 5.56 Å². The lowest BCUT2D eigenvalue weighted by Crippen LogP contribution is -2.32. The minimum absolute atomic E-state index is 0.0132. The van der Waals surface area contributed by atoms with E-state index < -0.39 is 5.41 Å². The predicted octanol–water partition coefficient (Wildman–Crippen LogP) is 3.63. The van der Waals surface area contributed by atoms with Gasteiger partial charge in [0, 0.05) is 22.2 Å². The summed E-state index contributed by atoms with van der Waals surface area (Å²) in [6.45, 7) is 5.40. The van der Waals surface area contributed by atoms with E-state index in [0.717, 1.165) is 73.1 Å². The number of benzene rings is 1. The van der Waals surface area contributed by atoms with Gasteiger partial charge in [-0.05, 0) is 69.8 Å². The summed E-state index contributed by atoms with van der Waals surface area (Å²) in [7, 11) is 1.99. The molecular formula is C25H32N4O2. The first-order chi connectivity index (χ1) is 14.8. The van der Waals surface area contributed by atoms with Crippen LogP contribution in [0.3, 0.4) is 0 Å². The van der Waals surface area contributed by atoms with E-state index in [0.29, 0.717) is 6.54 Å². The van der Waals surface area contributed by atoms with Gasteiger partial charge in [0.1, 0.15) is 0 Å². The van der Waals surface area contributed by atoms with Crippen LogP contribution in [0.2, 0.25) is 0 Å². The molecule has 0 saturated carbocycles. The highest BCUT2D eigenvalue weighted by molar-refractivity contribution is 5.95. The summed E-state index contributed by atoms with van der Waals surface area (Å²) < 4.78 is 0. The van der Waals surface area contributed by atoms with Crippen molar-refractivity contribution in [1.82, 2.24) is 15.1 Å². The Kier molecular flexibility index (Phi) is 7.29. The smallest absolute Gasteiger partial charge is 0.267 e. The van der Waals surface area contributed by atoms with Crippen molar-refractivity contribution >= 4 is 11.6 Å². The van der Waals surface area contributed by atoms with Crippen molar-refractivity contribution in [3.8, 4) is 23.6 Å². The molecule has 1 aromatic heterocycles. The van der Waals surface area contributed by atoms with E-state index in [1.807, 2.05) is 45.2 Å². The van der Waals surface area contributed by atoms with E-state index in [-0.39, 0.29) is 11.5 Å². The zero-order valence-corrected chi connectivity index (χ0v) is 18.8. The molecule has 1 aromatic carbocycles. The third-order valence-corrected chi connectivity index (χ3v) is 6.01. The number of terminal acetylenes is 1. The summed E-state index contributed by atoms with van der Waals surface area (Å²) in [4.78, 5) is 27.2. The third-order valence-electron chi connectivity index (χ3n) is 6.01. The zero-order chi connectivity index (χ0) is 22.4. The number of H-pyrrole nitrogens is 1. The van der Waals surface area contributed by atoms with Crippen LogP contribution in [0.1, 0.15) is 50.7 Å². The van der Waals surface area contributed by atoms with Crippen LogP contribution in [0.4, 0.5) is 5.69 Å². The summed E-state index contributed by atoms with van der Waals surface area (Å²) in [5.41, 5.74) is 3.75. The molecule has 2 N–H and O–H groups in total. The number of carbonyl (C=O) groups excluding carboxylic acids is 1. The molecule has 1 heterocycles. The maximum atomic E-state index is 12.9. The molecule has 164 valence electrons. The predicted molar refractivity (Wildman–Crippen MR) is 125 cm³/mol. The van der Waals surface area contributed by atoms with Crippen molar-refractivity contribution in [1.29, 1.82) is 0 Å². The molecule has 31 heavy (non-hydrogen) atoms. The highest BCUT2D eigenvalue weighted by Gasteiger charge is 2.27. The van der Waals surface area contributed by atoms with Crippen LogP contribution < -0.4 is 10.9 Å². The Morgan fingerprint density at radius 2 is 2.03 bits per heavy atom. The van der Waals surface area contributed by atoms with E-state index >= 15 is 0 Å². The Morgan fingerprint density at radius 1 is 1.29 bits per heavy atom. The Bertz CT molecular complexity index is 1030. The number of carbonyl (C=O) groups is 1. The number of fused-ring (bicyclic) bond motifs is 1. The second-order valence-electron chi connectivity index (χ2n) is 9.03. The van der Waals surface area contributed by atoms with Crippen LogP contribution in [0.25, 0.3) is 11.3 Å². The van der Waals surface area contributed by atoms with Gasteiger partial charge in [0.05, 0.1) is 12.2 Å². The molecule has 0 spiro atoms. The second kappa shape index (κ2) is 9.93. The second-order valence-corrected chi connectivity index (χ2v) is 9.03. The van der Waals surface area contributed by atoms with Crippen LogP contribution in [0, 0.1) is 17.8 Å². The lowest BCUT2D eigenvalue weighted by Gasteiger charge is -2.25. The van der Waals surface area contributed by atoms with Crippen molar-refractivity contribution in [2.75, 3.05) is 25.5 Å². The van der Waals surface area contributed by atoms with Crippen molar-refractivity contribution in [2.24, 2.45) is 5.41 Å².